The minimum atomic E-state index is -4.74. The van der Waals surface area contributed by atoms with Crippen LogP contribution in [0.5, 0.6) is 17.2 Å². The number of halogens is 3. The van der Waals surface area contributed by atoms with Gasteiger partial charge in [0.05, 0.1) is 28.7 Å². The third kappa shape index (κ3) is 5.54. The van der Waals surface area contributed by atoms with Crippen LogP contribution in [0.15, 0.2) is 78.9 Å². The molecule has 9 heteroatoms. The number of nitrogens with zero attached hydrogens (tertiary/aromatic N) is 2. The van der Waals surface area contributed by atoms with Gasteiger partial charge in [-0.15, -0.1) is 0 Å². The number of benzene rings is 4. The quantitative estimate of drug-likeness (QED) is 0.110. The summed E-state index contributed by atoms with van der Waals surface area (Å²) >= 11 is 0. The van der Waals surface area contributed by atoms with Crippen LogP contribution in [-0.4, -0.2) is 11.5 Å². The average Bonchev–Trinajstić information content (AvgIpc) is 2.88. The van der Waals surface area contributed by atoms with Crippen LogP contribution in [0, 0.1) is 21.4 Å². The van der Waals surface area contributed by atoms with Gasteiger partial charge in [-0.2, -0.15) is 18.4 Å². The SMILES string of the molecule is CCOc1cc(/C=C(/C#N)c2cccc3ccccc23)ccc1Oc1ccc(C(F)(F)F)cc1[N+](=O)[O-]. The van der Waals surface area contributed by atoms with E-state index in [2.05, 4.69) is 6.07 Å². The van der Waals surface area contributed by atoms with Gasteiger partial charge in [-0.3, -0.25) is 10.1 Å². The maximum absolute atomic E-state index is 13.0. The summed E-state index contributed by atoms with van der Waals surface area (Å²) in [6.07, 6.45) is -3.06. The van der Waals surface area contributed by atoms with Crippen molar-refractivity contribution in [2.45, 2.75) is 13.1 Å². The van der Waals surface area contributed by atoms with Crippen molar-refractivity contribution >= 4 is 28.1 Å². The highest BCUT2D eigenvalue weighted by molar-refractivity contribution is 6.01. The van der Waals surface area contributed by atoms with Crippen molar-refractivity contribution in [1.82, 2.24) is 0 Å². The molecule has 4 aromatic carbocycles. The van der Waals surface area contributed by atoms with Crippen molar-refractivity contribution in [2.75, 3.05) is 6.61 Å². The minimum absolute atomic E-state index is 0.0746. The van der Waals surface area contributed by atoms with E-state index in [1.807, 2.05) is 42.5 Å². The molecule has 0 aliphatic rings. The molecule has 37 heavy (non-hydrogen) atoms. The van der Waals surface area contributed by atoms with Gasteiger partial charge >= 0.3 is 11.9 Å². The second kappa shape index (κ2) is 10.4. The molecule has 0 N–H and O–H groups in total. The minimum Gasteiger partial charge on any atom is -0.490 e. The highest BCUT2D eigenvalue weighted by atomic mass is 19.4. The largest absolute Gasteiger partial charge is 0.490 e. The Morgan fingerprint density at radius 2 is 1.73 bits per heavy atom. The molecule has 0 radical (unpaired) electrons. The Kier molecular flexibility index (Phi) is 7.11. The number of nitro groups is 1. The van der Waals surface area contributed by atoms with E-state index >= 15 is 0 Å². The lowest BCUT2D eigenvalue weighted by atomic mass is 9.97. The molecule has 0 saturated carbocycles. The van der Waals surface area contributed by atoms with Crippen molar-refractivity contribution in [1.29, 1.82) is 5.26 Å². The summed E-state index contributed by atoms with van der Waals surface area (Å²) in [7, 11) is 0. The predicted molar refractivity (Wildman–Crippen MR) is 133 cm³/mol. The molecule has 4 aromatic rings. The molecule has 0 heterocycles. The number of hydrogen-bond donors (Lipinski definition) is 0. The van der Waals surface area contributed by atoms with E-state index < -0.39 is 22.4 Å². The van der Waals surface area contributed by atoms with E-state index in [1.165, 1.54) is 6.07 Å². The van der Waals surface area contributed by atoms with E-state index in [-0.39, 0.29) is 23.9 Å². The Bertz CT molecular complexity index is 1550. The first-order valence-electron chi connectivity index (χ1n) is 11.1. The predicted octanol–water partition coefficient (Wildman–Crippen LogP) is 8.02. The highest BCUT2D eigenvalue weighted by Crippen LogP contribution is 2.40. The standard InChI is InChI=1S/C28H19F3N2O4/c1-2-36-27-15-18(14-20(17-32)23-9-5-7-19-6-3-4-8-22(19)23)10-12-26(27)37-25-13-11-21(28(29,30)31)16-24(25)33(34)35/h3-16H,2H2,1H3/b20-14-. The number of alkyl halides is 3. The van der Waals surface area contributed by atoms with E-state index in [1.54, 1.807) is 25.1 Å². The Labute approximate surface area is 209 Å². The number of allylic oxidation sites excluding steroid dienone is 1. The second-order valence-electron chi connectivity index (χ2n) is 7.88. The van der Waals surface area contributed by atoms with Crippen molar-refractivity contribution in [3.05, 3.63) is 106 Å². The Balaban J connectivity index is 1.73. The van der Waals surface area contributed by atoms with Crippen LogP contribution < -0.4 is 9.47 Å². The van der Waals surface area contributed by atoms with Gasteiger partial charge < -0.3 is 9.47 Å². The van der Waals surface area contributed by atoms with Crippen LogP contribution in [0.3, 0.4) is 0 Å². The van der Waals surface area contributed by atoms with Gasteiger partial charge in [-0.05, 0) is 53.6 Å². The number of nitriles is 1. The fourth-order valence-electron chi connectivity index (χ4n) is 3.81. The zero-order valence-corrected chi connectivity index (χ0v) is 19.5. The molecule has 0 fully saturated rings. The average molecular weight is 504 g/mol. The summed E-state index contributed by atoms with van der Waals surface area (Å²) in [6, 6.07) is 22.3. The summed E-state index contributed by atoms with van der Waals surface area (Å²) in [5.74, 6) is -0.0816. The highest BCUT2D eigenvalue weighted by Gasteiger charge is 2.33. The van der Waals surface area contributed by atoms with Crippen molar-refractivity contribution in [3.8, 4) is 23.3 Å². The van der Waals surface area contributed by atoms with E-state index in [0.29, 0.717) is 23.3 Å². The van der Waals surface area contributed by atoms with Gasteiger partial charge in [0.15, 0.2) is 11.5 Å². The van der Waals surface area contributed by atoms with Crippen molar-refractivity contribution < 1.29 is 27.6 Å². The van der Waals surface area contributed by atoms with Gasteiger partial charge in [-0.1, -0.05) is 48.5 Å². The fourth-order valence-corrected chi connectivity index (χ4v) is 3.81. The molecular formula is C28H19F3N2O4. The summed E-state index contributed by atoms with van der Waals surface area (Å²) in [4.78, 5) is 10.5. The first-order chi connectivity index (χ1) is 17.7. The van der Waals surface area contributed by atoms with Crippen LogP contribution in [0.25, 0.3) is 22.4 Å². The Morgan fingerprint density at radius 1 is 1.00 bits per heavy atom. The molecular weight excluding hydrogens is 485 g/mol. The Morgan fingerprint density at radius 3 is 2.43 bits per heavy atom. The van der Waals surface area contributed by atoms with Gasteiger partial charge in [-0.25, -0.2) is 0 Å². The molecule has 0 atom stereocenters. The van der Waals surface area contributed by atoms with Crippen LogP contribution >= 0.6 is 0 Å². The maximum atomic E-state index is 13.0. The van der Waals surface area contributed by atoms with Crippen molar-refractivity contribution in [3.63, 3.8) is 0 Å². The molecule has 0 aromatic heterocycles. The van der Waals surface area contributed by atoms with E-state index in [0.717, 1.165) is 22.4 Å². The van der Waals surface area contributed by atoms with Crippen LogP contribution in [-0.2, 0) is 6.18 Å². The van der Waals surface area contributed by atoms with E-state index in [4.69, 9.17) is 9.47 Å². The van der Waals surface area contributed by atoms with Crippen molar-refractivity contribution in [2.24, 2.45) is 0 Å². The molecule has 4 rings (SSSR count). The number of hydrogen-bond acceptors (Lipinski definition) is 5. The third-order valence-electron chi connectivity index (χ3n) is 5.48. The van der Waals surface area contributed by atoms with E-state index in [9.17, 15) is 28.5 Å². The molecule has 0 saturated heterocycles. The number of ether oxygens (including phenoxy) is 2. The third-order valence-corrected chi connectivity index (χ3v) is 5.48. The smallest absolute Gasteiger partial charge is 0.416 e. The summed E-state index contributed by atoms with van der Waals surface area (Å²) in [6.45, 7) is 1.96. The lowest BCUT2D eigenvalue weighted by Crippen LogP contribution is -2.06. The first kappa shape index (κ1) is 25.3. The molecule has 6 nitrogen and oxygen atoms in total. The second-order valence-corrected chi connectivity index (χ2v) is 7.88. The summed E-state index contributed by atoms with van der Waals surface area (Å²) in [5.41, 5.74) is -0.230. The molecule has 0 amide bonds. The van der Waals surface area contributed by atoms with Gasteiger partial charge in [0.2, 0.25) is 5.75 Å². The maximum Gasteiger partial charge on any atom is 0.416 e. The number of nitro benzene ring substituents is 1. The lowest BCUT2D eigenvalue weighted by Gasteiger charge is -2.14. The topological polar surface area (TPSA) is 85.4 Å². The molecule has 0 bridgehead atoms. The summed E-state index contributed by atoms with van der Waals surface area (Å²) < 4.78 is 50.4. The normalized spacial score (nSPS) is 11.7. The first-order valence-corrected chi connectivity index (χ1v) is 11.1. The van der Waals surface area contributed by atoms with Crippen LogP contribution in [0.2, 0.25) is 0 Å². The summed E-state index contributed by atoms with van der Waals surface area (Å²) in [5, 5.41) is 23.2. The van der Waals surface area contributed by atoms with Gasteiger partial charge in [0.25, 0.3) is 0 Å². The molecule has 0 aliphatic heterocycles. The van der Waals surface area contributed by atoms with Crippen LogP contribution in [0.4, 0.5) is 18.9 Å². The monoisotopic (exact) mass is 504 g/mol. The van der Waals surface area contributed by atoms with Gasteiger partial charge in [0.1, 0.15) is 0 Å². The lowest BCUT2D eigenvalue weighted by molar-refractivity contribution is -0.385. The van der Waals surface area contributed by atoms with Gasteiger partial charge in [0, 0.05) is 11.6 Å². The number of fused-ring (bicyclic) bond motifs is 1. The van der Waals surface area contributed by atoms with Crippen LogP contribution in [0.1, 0.15) is 23.6 Å². The fraction of sp³-hybridized carbons (Fsp3) is 0.107. The molecule has 0 aliphatic carbocycles. The molecule has 0 unspecified atom stereocenters. The zero-order chi connectivity index (χ0) is 26.6. The number of rotatable bonds is 7. The Hall–Kier alpha value is -4.84. The molecule has 0 spiro atoms. The zero-order valence-electron chi connectivity index (χ0n) is 19.5. The molecule has 186 valence electrons.